The highest BCUT2D eigenvalue weighted by molar-refractivity contribution is 9.10. The largest absolute Gasteiger partial charge is 0.436 e. The third-order valence-corrected chi connectivity index (χ3v) is 3.60. The molecule has 1 N–H and O–H groups in total. The van der Waals surface area contributed by atoms with Gasteiger partial charge in [0.1, 0.15) is 0 Å². The first-order valence-electron chi connectivity index (χ1n) is 6.62. The molecule has 1 fully saturated rings. The normalized spacial score (nSPS) is 14.2. The number of ether oxygens (including phenoxy) is 1. The maximum Gasteiger partial charge on any atom is 0.219 e. The zero-order valence-corrected chi connectivity index (χ0v) is 12.7. The minimum atomic E-state index is -1.03. The topological polar surface area (TPSA) is 34.1 Å². The predicted molar refractivity (Wildman–Crippen MR) is 78.2 cm³/mol. The van der Waals surface area contributed by atoms with Crippen LogP contribution in [0, 0.1) is 11.6 Å². The number of aromatic nitrogens is 1. The molecule has 1 aromatic heterocycles. The minimum Gasteiger partial charge on any atom is -0.436 e. The van der Waals surface area contributed by atoms with Gasteiger partial charge in [-0.25, -0.2) is 9.37 Å². The van der Waals surface area contributed by atoms with E-state index in [0.29, 0.717) is 17.1 Å². The fraction of sp³-hybridized carbons (Fsp3) is 0.267. The van der Waals surface area contributed by atoms with Crippen LogP contribution in [0.2, 0.25) is 0 Å². The molecular weight excluding hydrogens is 342 g/mol. The summed E-state index contributed by atoms with van der Waals surface area (Å²) in [5.41, 5.74) is 0.989. The lowest BCUT2D eigenvalue weighted by atomic mass is 10.2. The Kier molecular flexibility index (Phi) is 4.17. The van der Waals surface area contributed by atoms with Crippen molar-refractivity contribution in [1.82, 2.24) is 10.3 Å². The first kappa shape index (κ1) is 14.4. The van der Waals surface area contributed by atoms with E-state index >= 15 is 0 Å². The average molecular weight is 355 g/mol. The smallest absolute Gasteiger partial charge is 0.219 e. The maximum absolute atomic E-state index is 13.7. The molecule has 1 aliphatic carbocycles. The number of pyridine rings is 1. The summed E-state index contributed by atoms with van der Waals surface area (Å²) in [5.74, 6) is -1.95. The van der Waals surface area contributed by atoms with Gasteiger partial charge in [-0.05, 0) is 36.6 Å². The number of nitrogens with one attached hydrogen (secondary N) is 1. The Morgan fingerprint density at radius 3 is 2.86 bits per heavy atom. The van der Waals surface area contributed by atoms with E-state index in [0.717, 1.165) is 11.6 Å². The predicted octanol–water partition coefficient (Wildman–Crippen LogP) is 4.17. The van der Waals surface area contributed by atoms with Crippen molar-refractivity contribution in [2.45, 2.75) is 25.4 Å². The Morgan fingerprint density at radius 1 is 1.29 bits per heavy atom. The van der Waals surface area contributed by atoms with Gasteiger partial charge in [0.15, 0.2) is 11.6 Å². The summed E-state index contributed by atoms with van der Waals surface area (Å²) in [7, 11) is 0. The van der Waals surface area contributed by atoms with Gasteiger partial charge in [0.25, 0.3) is 0 Å². The van der Waals surface area contributed by atoms with Gasteiger partial charge in [0, 0.05) is 29.3 Å². The second-order valence-electron chi connectivity index (χ2n) is 4.96. The van der Waals surface area contributed by atoms with Crippen molar-refractivity contribution in [3.05, 3.63) is 52.1 Å². The van der Waals surface area contributed by atoms with Crippen molar-refractivity contribution in [3.8, 4) is 11.6 Å². The second kappa shape index (κ2) is 6.07. The van der Waals surface area contributed by atoms with Crippen molar-refractivity contribution in [2.75, 3.05) is 0 Å². The number of hydrogen-bond donors (Lipinski definition) is 1. The van der Waals surface area contributed by atoms with Crippen LogP contribution in [0.5, 0.6) is 11.6 Å². The van der Waals surface area contributed by atoms with Crippen molar-refractivity contribution < 1.29 is 13.5 Å². The first-order chi connectivity index (χ1) is 10.1. The molecule has 0 atom stereocenters. The standard InChI is InChI=1S/C15H13BrF2N2O/c16-10-6-12(17)15(18)13(7-10)21-14-5-9(3-4-19-14)8-20-11-1-2-11/h3-7,11,20H,1-2,8H2. The van der Waals surface area contributed by atoms with Gasteiger partial charge in [-0.3, -0.25) is 0 Å². The van der Waals surface area contributed by atoms with Crippen LogP contribution in [0.3, 0.4) is 0 Å². The molecule has 1 aromatic carbocycles. The molecule has 1 heterocycles. The van der Waals surface area contributed by atoms with Gasteiger partial charge in [-0.15, -0.1) is 0 Å². The molecular formula is C15H13BrF2N2O. The maximum atomic E-state index is 13.7. The number of hydrogen-bond acceptors (Lipinski definition) is 3. The van der Waals surface area contributed by atoms with Gasteiger partial charge < -0.3 is 10.1 Å². The van der Waals surface area contributed by atoms with E-state index in [1.54, 1.807) is 12.3 Å². The summed E-state index contributed by atoms with van der Waals surface area (Å²) in [4.78, 5) is 4.02. The molecule has 0 saturated heterocycles. The van der Waals surface area contributed by atoms with E-state index in [1.165, 1.54) is 18.9 Å². The van der Waals surface area contributed by atoms with Crippen molar-refractivity contribution in [3.63, 3.8) is 0 Å². The Balaban J connectivity index is 1.76. The Bertz CT molecular complexity index is 662. The van der Waals surface area contributed by atoms with Gasteiger partial charge in [-0.2, -0.15) is 4.39 Å². The quantitative estimate of drug-likeness (QED) is 0.818. The molecule has 0 spiro atoms. The lowest BCUT2D eigenvalue weighted by molar-refractivity contribution is 0.404. The molecule has 2 aromatic rings. The van der Waals surface area contributed by atoms with Crippen LogP contribution in [-0.4, -0.2) is 11.0 Å². The summed E-state index contributed by atoms with van der Waals surface area (Å²) < 4.78 is 32.7. The molecule has 0 unspecified atom stereocenters. The molecule has 21 heavy (non-hydrogen) atoms. The highest BCUT2D eigenvalue weighted by atomic mass is 79.9. The first-order valence-corrected chi connectivity index (χ1v) is 7.42. The molecule has 3 rings (SSSR count). The third kappa shape index (κ3) is 3.77. The Labute approximate surface area is 129 Å². The average Bonchev–Trinajstić information content (AvgIpc) is 3.27. The molecule has 110 valence electrons. The van der Waals surface area contributed by atoms with Crippen LogP contribution in [0.1, 0.15) is 18.4 Å². The molecule has 0 bridgehead atoms. The molecule has 0 radical (unpaired) electrons. The summed E-state index contributed by atoms with van der Waals surface area (Å²) in [6, 6.07) is 6.59. The number of nitrogens with zero attached hydrogens (tertiary/aromatic N) is 1. The van der Waals surface area contributed by atoms with E-state index < -0.39 is 11.6 Å². The van der Waals surface area contributed by atoms with Gasteiger partial charge in [0.2, 0.25) is 11.7 Å². The van der Waals surface area contributed by atoms with Crippen molar-refractivity contribution >= 4 is 15.9 Å². The highest BCUT2D eigenvalue weighted by Crippen LogP contribution is 2.29. The van der Waals surface area contributed by atoms with E-state index in [-0.39, 0.29) is 11.6 Å². The molecule has 1 saturated carbocycles. The fourth-order valence-electron chi connectivity index (χ4n) is 1.89. The summed E-state index contributed by atoms with van der Waals surface area (Å²) >= 11 is 3.11. The van der Waals surface area contributed by atoms with Crippen molar-refractivity contribution in [1.29, 1.82) is 0 Å². The highest BCUT2D eigenvalue weighted by Gasteiger charge is 2.20. The van der Waals surface area contributed by atoms with Gasteiger partial charge in [0.05, 0.1) is 0 Å². The van der Waals surface area contributed by atoms with Crippen molar-refractivity contribution in [2.24, 2.45) is 0 Å². The third-order valence-electron chi connectivity index (χ3n) is 3.15. The van der Waals surface area contributed by atoms with E-state index in [4.69, 9.17) is 4.74 Å². The number of benzene rings is 1. The Hall–Kier alpha value is -1.53. The molecule has 1 aliphatic rings. The van der Waals surface area contributed by atoms with Crippen LogP contribution in [0.25, 0.3) is 0 Å². The van der Waals surface area contributed by atoms with Crippen LogP contribution >= 0.6 is 15.9 Å². The zero-order valence-electron chi connectivity index (χ0n) is 11.1. The summed E-state index contributed by atoms with van der Waals surface area (Å²) in [6.07, 6.45) is 4.00. The molecule has 0 amide bonds. The van der Waals surface area contributed by atoms with Gasteiger partial charge >= 0.3 is 0 Å². The molecule has 6 heteroatoms. The molecule has 3 nitrogen and oxygen atoms in total. The second-order valence-corrected chi connectivity index (χ2v) is 5.87. The lowest BCUT2D eigenvalue weighted by Crippen LogP contribution is -2.15. The number of halogens is 3. The minimum absolute atomic E-state index is 0.193. The van der Waals surface area contributed by atoms with Crippen LogP contribution in [-0.2, 0) is 6.54 Å². The monoisotopic (exact) mass is 354 g/mol. The lowest BCUT2D eigenvalue weighted by Gasteiger charge is -2.09. The van der Waals surface area contributed by atoms with E-state index in [2.05, 4.69) is 26.2 Å². The zero-order chi connectivity index (χ0) is 14.8. The Morgan fingerprint density at radius 2 is 2.10 bits per heavy atom. The number of rotatable bonds is 5. The van der Waals surface area contributed by atoms with Crippen LogP contribution in [0.4, 0.5) is 8.78 Å². The van der Waals surface area contributed by atoms with E-state index in [1.807, 2.05) is 6.07 Å². The fourth-order valence-corrected chi connectivity index (χ4v) is 2.29. The molecule has 0 aliphatic heterocycles. The summed E-state index contributed by atoms with van der Waals surface area (Å²) in [6.45, 7) is 0.707. The van der Waals surface area contributed by atoms with E-state index in [9.17, 15) is 8.78 Å². The SMILES string of the molecule is Fc1cc(Br)cc(Oc2cc(CNC3CC3)ccn2)c1F. The van der Waals surface area contributed by atoms with Crippen LogP contribution in [0.15, 0.2) is 34.9 Å². The van der Waals surface area contributed by atoms with Gasteiger partial charge in [-0.1, -0.05) is 15.9 Å². The van der Waals surface area contributed by atoms with Crippen LogP contribution < -0.4 is 10.1 Å². The summed E-state index contributed by atoms with van der Waals surface area (Å²) in [5, 5.41) is 3.37.